The molecule has 2 N–H and O–H groups in total. The van der Waals surface area contributed by atoms with Crippen LogP contribution in [0.4, 0.5) is 0 Å². The predicted molar refractivity (Wildman–Crippen MR) is 43.1 cm³/mol. The van der Waals surface area contributed by atoms with Gasteiger partial charge in [-0.2, -0.15) is 5.10 Å². The highest BCUT2D eigenvalue weighted by atomic mass is 16.5. The van der Waals surface area contributed by atoms with Crippen molar-refractivity contribution in [2.75, 3.05) is 7.11 Å². The summed E-state index contributed by atoms with van der Waals surface area (Å²) in [7, 11) is 1.31. The van der Waals surface area contributed by atoms with Gasteiger partial charge < -0.3 is 10.6 Å². The summed E-state index contributed by atoms with van der Waals surface area (Å²) in [6, 6.07) is 0. The SMILES string of the molecule is COC(=O)C(CC(C)C)=NN. The molecule has 0 radical (unpaired) electrons. The first-order chi connectivity index (χ1) is 5.11. The van der Waals surface area contributed by atoms with Gasteiger partial charge in [0.15, 0.2) is 0 Å². The lowest BCUT2D eigenvalue weighted by Crippen LogP contribution is -2.19. The fraction of sp³-hybridized carbons (Fsp3) is 0.714. The maximum atomic E-state index is 10.8. The van der Waals surface area contributed by atoms with E-state index in [4.69, 9.17) is 5.84 Å². The van der Waals surface area contributed by atoms with Gasteiger partial charge in [-0.25, -0.2) is 4.79 Å². The van der Waals surface area contributed by atoms with Gasteiger partial charge >= 0.3 is 5.97 Å². The summed E-state index contributed by atoms with van der Waals surface area (Å²) in [5.41, 5.74) is 0.294. The average Bonchev–Trinajstić information content (AvgIpc) is 1.98. The standard InChI is InChI=1S/C7H14N2O2/c1-5(2)4-6(9-8)7(10)11-3/h5H,4,8H2,1-3H3. The number of carbonyl (C=O) groups excluding carboxylic acids is 1. The summed E-state index contributed by atoms with van der Waals surface area (Å²) in [5.74, 6) is 4.90. The average molecular weight is 158 g/mol. The number of methoxy groups -OCH3 is 1. The Labute approximate surface area is 66.4 Å². The molecule has 0 aliphatic rings. The van der Waals surface area contributed by atoms with Gasteiger partial charge in [-0.3, -0.25) is 0 Å². The summed E-state index contributed by atoms with van der Waals surface area (Å²) < 4.78 is 4.45. The summed E-state index contributed by atoms with van der Waals surface area (Å²) >= 11 is 0. The second-order valence-electron chi connectivity index (χ2n) is 2.67. The Morgan fingerprint density at radius 2 is 2.18 bits per heavy atom. The largest absolute Gasteiger partial charge is 0.464 e. The quantitative estimate of drug-likeness (QED) is 0.282. The molecular formula is C7H14N2O2. The minimum Gasteiger partial charge on any atom is -0.464 e. The lowest BCUT2D eigenvalue weighted by Gasteiger charge is -2.04. The van der Waals surface area contributed by atoms with Crippen LogP contribution in [0.1, 0.15) is 20.3 Å². The predicted octanol–water partition coefficient (Wildman–Crippen LogP) is 0.520. The van der Waals surface area contributed by atoms with E-state index in [9.17, 15) is 4.79 Å². The highest BCUT2D eigenvalue weighted by molar-refractivity contribution is 6.36. The molecule has 0 atom stereocenters. The van der Waals surface area contributed by atoms with Crippen molar-refractivity contribution >= 4 is 11.7 Å². The smallest absolute Gasteiger partial charge is 0.354 e. The van der Waals surface area contributed by atoms with Gasteiger partial charge in [-0.1, -0.05) is 13.8 Å². The van der Waals surface area contributed by atoms with Gasteiger partial charge in [0.05, 0.1) is 7.11 Å². The van der Waals surface area contributed by atoms with Crippen LogP contribution in [-0.2, 0) is 9.53 Å². The zero-order valence-electron chi connectivity index (χ0n) is 7.13. The van der Waals surface area contributed by atoms with E-state index in [0.717, 1.165) is 0 Å². The lowest BCUT2D eigenvalue weighted by atomic mass is 10.1. The van der Waals surface area contributed by atoms with Crippen molar-refractivity contribution in [3.05, 3.63) is 0 Å². The van der Waals surface area contributed by atoms with Crippen LogP contribution in [0.25, 0.3) is 0 Å². The molecule has 0 aromatic rings. The number of nitrogens with zero attached hydrogens (tertiary/aromatic N) is 1. The van der Waals surface area contributed by atoms with E-state index in [1.165, 1.54) is 7.11 Å². The first-order valence-electron chi connectivity index (χ1n) is 3.46. The highest BCUT2D eigenvalue weighted by Gasteiger charge is 2.12. The molecule has 0 aliphatic carbocycles. The molecule has 4 nitrogen and oxygen atoms in total. The number of rotatable bonds is 3. The van der Waals surface area contributed by atoms with Gasteiger partial charge in [-0.05, 0) is 5.92 Å². The Kier molecular flexibility index (Phi) is 4.26. The molecular weight excluding hydrogens is 144 g/mol. The topological polar surface area (TPSA) is 64.7 Å². The van der Waals surface area contributed by atoms with Gasteiger partial charge in [0.1, 0.15) is 5.71 Å². The number of hydrogen-bond donors (Lipinski definition) is 1. The third kappa shape index (κ3) is 3.60. The fourth-order valence-corrected chi connectivity index (χ4v) is 0.693. The first kappa shape index (κ1) is 9.94. The van der Waals surface area contributed by atoms with E-state index < -0.39 is 5.97 Å². The Morgan fingerprint density at radius 3 is 2.45 bits per heavy atom. The highest BCUT2D eigenvalue weighted by Crippen LogP contribution is 2.01. The Morgan fingerprint density at radius 1 is 1.64 bits per heavy atom. The van der Waals surface area contributed by atoms with Crippen molar-refractivity contribution in [3.63, 3.8) is 0 Å². The van der Waals surface area contributed by atoms with E-state index in [-0.39, 0.29) is 0 Å². The van der Waals surface area contributed by atoms with E-state index in [0.29, 0.717) is 18.1 Å². The van der Waals surface area contributed by atoms with Crippen LogP contribution in [-0.4, -0.2) is 18.8 Å². The summed E-state index contributed by atoms with van der Waals surface area (Å²) in [6.45, 7) is 3.96. The summed E-state index contributed by atoms with van der Waals surface area (Å²) in [4.78, 5) is 10.8. The molecule has 0 spiro atoms. The molecule has 0 bridgehead atoms. The van der Waals surface area contributed by atoms with Gasteiger partial charge in [0.25, 0.3) is 0 Å². The molecule has 0 aromatic carbocycles. The number of nitrogens with two attached hydrogens (primary N) is 1. The monoisotopic (exact) mass is 158 g/mol. The fourth-order valence-electron chi connectivity index (χ4n) is 0.693. The minimum atomic E-state index is -0.443. The number of hydrazone groups is 1. The molecule has 0 fully saturated rings. The van der Waals surface area contributed by atoms with E-state index in [2.05, 4.69) is 9.84 Å². The van der Waals surface area contributed by atoms with Crippen LogP contribution in [0.3, 0.4) is 0 Å². The maximum Gasteiger partial charge on any atom is 0.354 e. The van der Waals surface area contributed by atoms with Crippen molar-refractivity contribution < 1.29 is 9.53 Å². The van der Waals surface area contributed by atoms with Gasteiger partial charge in [0, 0.05) is 6.42 Å². The third-order valence-electron chi connectivity index (χ3n) is 1.18. The van der Waals surface area contributed by atoms with Crippen LogP contribution in [0, 0.1) is 5.92 Å². The zero-order chi connectivity index (χ0) is 8.85. The van der Waals surface area contributed by atoms with Crippen LogP contribution >= 0.6 is 0 Å². The van der Waals surface area contributed by atoms with Crippen molar-refractivity contribution in [2.45, 2.75) is 20.3 Å². The van der Waals surface area contributed by atoms with Crippen molar-refractivity contribution in [1.82, 2.24) is 0 Å². The number of carbonyl (C=O) groups is 1. The van der Waals surface area contributed by atoms with Crippen LogP contribution in [0.15, 0.2) is 5.10 Å². The lowest BCUT2D eigenvalue weighted by molar-refractivity contribution is -0.132. The Bertz CT molecular complexity index is 164. The molecule has 0 amide bonds. The molecule has 0 saturated carbocycles. The molecule has 0 aliphatic heterocycles. The number of hydrogen-bond acceptors (Lipinski definition) is 4. The zero-order valence-corrected chi connectivity index (χ0v) is 7.13. The van der Waals surface area contributed by atoms with Gasteiger partial charge in [-0.15, -0.1) is 0 Å². The normalized spacial score (nSPS) is 11.8. The molecule has 0 heterocycles. The van der Waals surface area contributed by atoms with Crippen LogP contribution in [0.2, 0.25) is 0 Å². The van der Waals surface area contributed by atoms with E-state index in [1.54, 1.807) is 0 Å². The Balaban J connectivity index is 4.09. The van der Waals surface area contributed by atoms with Crippen molar-refractivity contribution in [1.29, 1.82) is 0 Å². The first-order valence-corrected chi connectivity index (χ1v) is 3.46. The molecule has 4 heteroatoms. The maximum absolute atomic E-state index is 10.8. The minimum absolute atomic E-state index is 0.294. The van der Waals surface area contributed by atoms with Crippen LogP contribution in [0.5, 0.6) is 0 Å². The molecule has 0 rings (SSSR count). The summed E-state index contributed by atoms with van der Waals surface area (Å²) in [6.07, 6.45) is 0.559. The van der Waals surface area contributed by atoms with Gasteiger partial charge in [0.2, 0.25) is 0 Å². The Hall–Kier alpha value is -1.06. The number of esters is 1. The second kappa shape index (κ2) is 4.71. The van der Waals surface area contributed by atoms with E-state index >= 15 is 0 Å². The van der Waals surface area contributed by atoms with Crippen molar-refractivity contribution in [2.24, 2.45) is 16.9 Å². The summed E-state index contributed by atoms with van der Waals surface area (Å²) in [5, 5.41) is 3.34. The second-order valence-corrected chi connectivity index (χ2v) is 2.67. The number of ether oxygens (including phenoxy) is 1. The molecule has 0 saturated heterocycles. The van der Waals surface area contributed by atoms with E-state index in [1.807, 2.05) is 13.8 Å². The molecule has 0 unspecified atom stereocenters. The van der Waals surface area contributed by atoms with Crippen molar-refractivity contribution in [3.8, 4) is 0 Å². The van der Waals surface area contributed by atoms with Crippen LogP contribution < -0.4 is 5.84 Å². The molecule has 0 aromatic heterocycles. The molecule has 64 valence electrons. The third-order valence-corrected chi connectivity index (χ3v) is 1.18. The molecule has 11 heavy (non-hydrogen) atoms.